The number of amides is 2. The van der Waals surface area contributed by atoms with Crippen molar-refractivity contribution in [1.29, 1.82) is 0 Å². The van der Waals surface area contributed by atoms with E-state index in [4.69, 9.17) is 9.47 Å². The van der Waals surface area contributed by atoms with Gasteiger partial charge in [-0.15, -0.1) is 0 Å². The third-order valence-electron chi connectivity index (χ3n) is 3.95. The summed E-state index contributed by atoms with van der Waals surface area (Å²) in [5, 5.41) is 2.73. The van der Waals surface area contributed by atoms with Crippen molar-refractivity contribution in [2.24, 2.45) is 0 Å². The number of carbonyl (C=O) groups is 2. The molecule has 0 spiro atoms. The molecule has 1 aliphatic rings. The van der Waals surface area contributed by atoms with E-state index in [1.54, 1.807) is 19.1 Å². The van der Waals surface area contributed by atoms with Gasteiger partial charge in [0.2, 0.25) is 11.8 Å². The highest BCUT2D eigenvalue weighted by molar-refractivity contribution is 5.96. The second kappa shape index (κ2) is 7.85. The minimum Gasteiger partial charge on any atom is -0.493 e. The Morgan fingerprint density at radius 2 is 1.83 bits per heavy atom. The highest BCUT2D eigenvalue weighted by atomic mass is 16.5. The zero-order valence-electron chi connectivity index (χ0n) is 14.0. The van der Waals surface area contributed by atoms with Crippen LogP contribution in [-0.2, 0) is 22.6 Å². The van der Waals surface area contributed by atoms with Crippen molar-refractivity contribution in [2.45, 2.75) is 32.7 Å². The van der Waals surface area contributed by atoms with E-state index in [9.17, 15) is 9.59 Å². The van der Waals surface area contributed by atoms with E-state index < -0.39 is 0 Å². The third-order valence-corrected chi connectivity index (χ3v) is 3.95. The molecule has 6 heteroatoms. The Balaban J connectivity index is 2.04. The molecule has 1 aromatic rings. The molecule has 0 radical (unpaired) electrons. The maximum absolute atomic E-state index is 12.3. The van der Waals surface area contributed by atoms with Crippen molar-refractivity contribution < 1.29 is 19.1 Å². The second-order valence-electron chi connectivity index (χ2n) is 5.57. The minimum absolute atomic E-state index is 0.0946. The summed E-state index contributed by atoms with van der Waals surface area (Å²) < 4.78 is 10.6. The van der Waals surface area contributed by atoms with Gasteiger partial charge in [0.1, 0.15) is 6.42 Å². The maximum atomic E-state index is 12.3. The van der Waals surface area contributed by atoms with E-state index in [1.165, 1.54) is 0 Å². The van der Waals surface area contributed by atoms with Gasteiger partial charge in [-0.3, -0.25) is 9.59 Å². The van der Waals surface area contributed by atoms with Crippen LogP contribution in [0.5, 0.6) is 11.5 Å². The lowest BCUT2D eigenvalue weighted by Gasteiger charge is -2.29. The van der Waals surface area contributed by atoms with E-state index in [-0.39, 0.29) is 18.2 Å². The van der Waals surface area contributed by atoms with Crippen LogP contribution < -0.4 is 14.8 Å². The SMILES string of the molecule is CCCNC(=O)CC(=O)N1CCc2cc(OC)c(OC)cc2C1. The van der Waals surface area contributed by atoms with Crippen LogP contribution in [0.15, 0.2) is 12.1 Å². The van der Waals surface area contributed by atoms with Crippen LogP contribution in [0, 0.1) is 0 Å². The monoisotopic (exact) mass is 320 g/mol. The van der Waals surface area contributed by atoms with Crippen LogP contribution >= 0.6 is 0 Å². The fourth-order valence-corrected chi connectivity index (χ4v) is 2.67. The van der Waals surface area contributed by atoms with Gasteiger partial charge in [-0.1, -0.05) is 6.92 Å². The van der Waals surface area contributed by atoms with E-state index >= 15 is 0 Å². The van der Waals surface area contributed by atoms with Gasteiger partial charge in [0.25, 0.3) is 0 Å². The van der Waals surface area contributed by atoms with Crippen molar-refractivity contribution in [2.75, 3.05) is 27.3 Å². The van der Waals surface area contributed by atoms with Gasteiger partial charge in [-0.2, -0.15) is 0 Å². The Morgan fingerprint density at radius 3 is 2.43 bits per heavy atom. The number of hydrogen-bond donors (Lipinski definition) is 1. The van der Waals surface area contributed by atoms with Gasteiger partial charge in [0, 0.05) is 19.6 Å². The molecule has 0 fully saturated rings. The number of methoxy groups -OCH3 is 2. The van der Waals surface area contributed by atoms with Crippen molar-refractivity contribution in [3.63, 3.8) is 0 Å². The number of rotatable bonds is 6. The van der Waals surface area contributed by atoms with Crippen LogP contribution in [0.4, 0.5) is 0 Å². The predicted octanol–water partition coefficient (Wildman–Crippen LogP) is 1.50. The number of nitrogens with one attached hydrogen (secondary N) is 1. The highest BCUT2D eigenvalue weighted by Crippen LogP contribution is 2.33. The number of nitrogens with zero attached hydrogens (tertiary/aromatic N) is 1. The summed E-state index contributed by atoms with van der Waals surface area (Å²) in [7, 11) is 3.20. The van der Waals surface area contributed by atoms with Crippen LogP contribution in [0.25, 0.3) is 0 Å². The molecule has 0 unspecified atom stereocenters. The fourth-order valence-electron chi connectivity index (χ4n) is 2.67. The number of fused-ring (bicyclic) bond motifs is 1. The molecule has 2 rings (SSSR count). The molecule has 0 aromatic heterocycles. The lowest BCUT2D eigenvalue weighted by atomic mass is 9.98. The summed E-state index contributed by atoms with van der Waals surface area (Å²) in [6.45, 7) is 3.69. The topological polar surface area (TPSA) is 67.9 Å². The summed E-state index contributed by atoms with van der Waals surface area (Å²) in [5.41, 5.74) is 2.19. The van der Waals surface area contributed by atoms with Crippen molar-refractivity contribution in [3.05, 3.63) is 23.3 Å². The van der Waals surface area contributed by atoms with E-state index in [1.807, 2.05) is 19.1 Å². The molecule has 1 aromatic carbocycles. The summed E-state index contributed by atoms with van der Waals surface area (Å²) in [4.78, 5) is 25.7. The van der Waals surface area contributed by atoms with Gasteiger partial charge in [-0.25, -0.2) is 0 Å². The van der Waals surface area contributed by atoms with Gasteiger partial charge < -0.3 is 19.7 Å². The first-order valence-corrected chi connectivity index (χ1v) is 7.87. The Kier molecular flexibility index (Phi) is 5.84. The Bertz CT molecular complexity index is 586. The standard InChI is InChI=1S/C17H24N2O4/c1-4-6-18-16(20)10-17(21)19-7-5-12-8-14(22-2)15(23-3)9-13(12)11-19/h8-9H,4-7,10-11H2,1-3H3,(H,18,20). The lowest BCUT2D eigenvalue weighted by Crippen LogP contribution is -2.39. The summed E-state index contributed by atoms with van der Waals surface area (Å²) in [6.07, 6.45) is 1.51. The van der Waals surface area contributed by atoms with Crippen molar-refractivity contribution >= 4 is 11.8 Å². The average molecular weight is 320 g/mol. The molecule has 6 nitrogen and oxygen atoms in total. The zero-order valence-corrected chi connectivity index (χ0v) is 14.0. The number of benzene rings is 1. The van der Waals surface area contributed by atoms with Crippen molar-refractivity contribution in [1.82, 2.24) is 10.2 Å². The molecule has 1 aliphatic heterocycles. The molecule has 2 amide bonds. The Hall–Kier alpha value is -2.24. The minimum atomic E-state index is -0.213. The smallest absolute Gasteiger partial charge is 0.232 e. The van der Waals surface area contributed by atoms with Crippen LogP contribution in [0.2, 0.25) is 0 Å². The Labute approximate surface area is 136 Å². The number of hydrogen-bond acceptors (Lipinski definition) is 4. The van der Waals surface area contributed by atoms with Crippen LogP contribution in [0.3, 0.4) is 0 Å². The van der Waals surface area contributed by atoms with E-state index in [0.29, 0.717) is 31.1 Å². The zero-order chi connectivity index (χ0) is 16.8. The van der Waals surface area contributed by atoms with Gasteiger partial charge in [0.15, 0.2) is 11.5 Å². The summed E-state index contributed by atoms with van der Waals surface area (Å²) in [5.74, 6) is 1.00. The Morgan fingerprint density at radius 1 is 1.17 bits per heavy atom. The predicted molar refractivity (Wildman–Crippen MR) is 86.6 cm³/mol. The molecule has 0 saturated heterocycles. The lowest BCUT2D eigenvalue weighted by molar-refractivity contribution is -0.136. The highest BCUT2D eigenvalue weighted by Gasteiger charge is 2.24. The molecule has 1 N–H and O–H groups in total. The molecule has 23 heavy (non-hydrogen) atoms. The maximum Gasteiger partial charge on any atom is 0.232 e. The molecular weight excluding hydrogens is 296 g/mol. The first-order chi connectivity index (χ1) is 11.1. The summed E-state index contributed by atoms with van der Waals surface area (Å²) >= 11 is 0. The normalized spacial score (nSPS) is 13.3. The third kappa shape index (κ3) is 4.15. The first-order valence-electron chi connectivity index (χ1n) is 7.87. The molecule has 0 aliphatic carbocycles. The molecule has 0 bridgehead atoms. The molecule has 0 saturated carbocycles. The second-order valence-corrected chi connectivity index (χ2v) is 5.57. The van der Waals surface area contributed by atoms with Crippen LogP contribution in [0.1, 0.15) is 30.9 Å². The average Bonchev–Trinajstić information content (AvgIpc) is 2.57. The number of carbonyl (C=O) groups excluding carboxylic acids is 2. The van der Waals surface area contributed by atoms with Gasteiger partial charge >= 0.3 is 0 Å². The van der Waals surface area contributed by atoms with Gasteiger partial charge in [-0.05, 0) is 36.1 Å². The van der Waals surface area contributed by atoms with Crippen LogP contribution in [-0.4, -0.2) is 44.0 Å². The largest absolute Gasteiger partial charge is 0.493 e. The van der Waals surface area contributed by atoms with E-state index in [2.05, 4.69) is 5.32 Å². The quantitative estimate of drug-likeness (QED) is 0.807. The molecule has 1 heterocycles. The number of ether oxygens (including phenoxy) is 2. The molecule has 126 valence electrons. The molecular formula is C17H24N2O4. The fraction of sp³-hybridized carbons (Fsp3) is 0.529. The summed E-state index contributed by atoms with van der Waals surface area (Å²) in [6, 6.07) is 3.87. The van der Waals surface area contributed by atoms with Gasteiger partial charge in [0.05, 0.1) is 14.2 Å². The van der Waals surface area contributed by atoms with Crippen molar-refractivity contribution in [3.8, 4) is 11.5 Å². The first kappa shape index (κ1) is 17.1. The molecule has 0 atom stereocenters. The van der Waals surface area contributed by atoms with E-state index in [0.717, 1.165) is 24.0 Å².